The van der Waals surface area contributed by atoms with Crippen LogP contribution in [0.25, 0.3) is 0 Å². The van der Waals surface area contributed by atoms with Gasteiger partial charge in [-0.2, -0.15) is 0 Å². The first-order valence-corrected chi connectivity index (χ1v) is 6.72. The van der Waals surface area contributed by atoms with E-state index in [0.29, 0.717) is 0 Å². The Morgan fingerprint density at radius 3 is 1.94 bits per heavy atom. The topological polar surface area (TPSA) is 0 Å². The smallest absolute Gasteiger partial charge is 0.0843 e. The maximum atomic E-state index is 5.95. The molecule has 0 heterocycles. The average Bonchev–Trinajstić information content (AvgIpc) is 2.31. The minimum atomic E-state index is 0.286. The molecule has 0 saturated carbocycles. The van der Waals surface area contributed by atoms with Crippen LogP contribution >= 0.6 is 11.6 Å². The van der Waals surface area contributed by atoms with Crippen molar-refractivity contribution in [2.75, 3.05) is 0 Å². The van der Waals surface area contributed by atoms with Crippen molar-refractivity contribution < 1.29 is 0 Å². The number of rotatable bonds is 5. The van der Waals surface area contributed by atoms with Crippen LogP contribution in [0.4, 0.5) is 0 Å². The summed E-state index contributed by atoms with van der Waals surface area (Å²) in [6.45, 7) is 10.00. The molecule has 1 atom stereocenters. The molecule has 0 aromatic heterocycles. The molecule has 0 bridgehead atoms. The van der Waals surface area contributed by atoms with E-state index in [-0.39, 0.29) is 5.31 Å². The molecule has 0 aliphatic rings. The summed E-state index contributed by atoms with van der Waals surface area (Å²) in [6.07, 6.45) is 3.66. The van der Waals surface area contributed by atoms with Crippen molar-refractivity contribution in [3.05, 3.63) is 34.9 Å². The van der Waals surface area contributed by atoms with Gasteiger partial charge in [-0.25, -0.2) is 0 Å². The van der Waals surface area contributed by atoms with Crippen LogP contribution in [0.1, 0.15) is 39.7 Å². The summed E-state index contributed by atoms with van der Waals surface area (Å²) in [5, 5.41) is 1.11. The zero-order chi connectivity index (χ0) is 12.2. The van der Waals surface area contributed by atoms with Crippen LogP contribution in [-0.4, -0.2) is 6.71 Å². The number of benzene rings is 1. The van der Waals surface area contributed by atoms with Gasteiger partial charge >= 0.3 is 0 Å². The Labute approximate surface area is 105 Å². The first-order chi connectivity index (χ1) is 7.58. The third-order valence-electron chi connectivity index (χ3n) is 4.12. The third-order valence-corrected chi connectivity index (χ3v) is 4.38. The predicted molar refractivity (Wildman–Crippen MR) is 75.8 cm³/mol. The molecule has 0 nitrogen and oxygen atoms in total. The van der Waals surface area contributed by atoms with E-state index >= 15 is 0 Å². The van der Waals surface area contributed by atoms with Gasteiger partial charge < -0.3 is 0 Å². The molecule has 88 valence electrons. The maximum absolute atomic E-state index is 5.95. The second-order valence-electron chi connectivity index (χ2n) is 4.79. The normalized spacial score (nSPS) is 14.6. The van der Waals surface area contributed by atoms with Gasteiger partial charge in [0.2, 0.25) is 0 Å². The maximum Gasteiger partial charge on any atom is 0.151 e. The highest BCUT2D eigenvalue weighted by atomic mass is 35.5. The summed E-state index contributed by atoms with van der Waals surface area (Å²) in [6, 6.07) is 8.38. The molecule has 1 aromatic carbocycles. The largest absolute Gasteiger partial charge is 0.151 e. The molecule has 0 fully saturated rings. The van der Waals surface area contributed by atoms with Gasteiger partial charge in [0.05, 0.1) is 0 Å². The van der Waals surface area contributed by atoms with Crippen LogP contribution < -0.4 is 0 Å². The molecular formula is C14H22BCl. The fourth-order valence-corrected chi connectivity index (χ4v) is 2.87. The number of halogens is 1. The standard InChI is InChI=1S/C14H22BCl/c1-5-14(4,15(6-2)7-3)12-8-10-13(16)11-9-12/h8-11H,5-7H2,1-4H3. The van der Waals surface area contributed by atoms with E-state index in [1.165, 1.54) is 24.6 Å². The second kappa shape index (κ2) is 5.77. The molecule has 0 N–H and O–H groups in total. The Morgan fingerprint density at radius 1 is 1.06 bits per heavy atom. The van der Waals surface area contributed by atoms with Crippen molar-refractivity contribution in [1.29, 1.82) is 0 Å². The van der Waals surface area contributed by atoms with Gasteiger partial charge in [-0.15, -0.1) is 0 Å². The van der Waals surface area contributed by atoms with Crippen LogP contribution in [0.3, 0.4) is 0 Å². The molecule has 0 amide bonds. The monoisotopic (exact) mass is 236 g/mol. The van der Waals surface area contributed by atoms with E-state index in [0.717, 1.165) is 11.7 Å². The Hall–Kier alpha value is -0.425. The van der Waals surface area contributed by atoms with Gasteiger partial charge in [-0.05, 0) is 23.0 Å². The number of hydrogen-bond donors (Lipinski definition) is 0. The molecule has 16 heavy (non-hydrogen) atoms. The third kappa shape index (κ3) is 2.63. The van der Waals surface area contributed by atoms with Gasteiger partial charge in [0, 0.05) is 5.02 Å². The molecule has 0 spiro atoms. The lowest BCUT2D eigenvalue weighted by atomic mass is 9.29. The summed E-state index contributed by atoms with van der Waals surface area (Å²) < 4.78 is 0. The molecular weight excluding hydrogens is 214 g/mol. The minimum Gasteiger partial charge on any atom is -0.0843 e. The summed E-state index contributed by atoms with van der Waals surface area (Å²) in [4.78, 5) is 0. The second-order valence-corrected chi connectivity index (χ2v) is 5.23. The Morgan fingerprint density at radius 2 is 1.56 bits per heavy atom. The fraction of sp³-hybridized carbons (Fsp3) is 0.571. The van der Waals surface area contributed by atoms with Gasteiger partial charge in [0.15, 0.2) is 6.71 Å². The van der Waals surface area contributed by atoms with Crippen molar-refractivity contribution in [2.45, 2.75) is 52.1 Å². The lowest BCUT2D eigenvalue weighted by Gasteiger charge is -2.35. The van der Waals surface area contributed by atoms with Crippen LogP contribution in [-0.2, 0) is 5.31 Å². The summed E-state index contributed by atoms with van der Waals surface area (Å²) >= 11 is 5.95. The molecule has 0 saturated heterocycles. The van der Waals surface area contributed by atoms with E-state index in [2.05, 4.69) is 39.8 Å². The molecule has 2 heteroatoms. The van der Waals surface area contributed by atoms with Crippen molar-refractivity contribution in [3.63, 3.8) is 0 Å². The first kappa shape index (κ1) is 13.6. The number of hydrogen-bond acceptors (Lipinski definition) is 0. The van der Waals surface area contributed by atoms with Gasteiger partial charge in [-0.1, -0.05) is 70.5 Å². The first-order valence-electron chi connectivity index (χ1n) is 6.34. The summed E-state index contributed by atoms with van der Waals surface area (Å²) in [5.41, 5.74) is 1.42. The zero-order valence-corrected chi connectivity index (χ0v) is 11.6. The highest BCUT2D eigenvalue weighted by Gasteiger charge is 2.34. The van der Waals surface area contributed by atoms with Gasteiger partial charge in [0.1, 0.15) is 0 Å². The Kier molecular flexibility index (Phi) is 4.92. The van der Waals surface area contributed by atoms with Crippen LogP contribution in [0, 0.1) is 0 Å². The summed E-state index contributed by atoms with van der Waals surface area (Å²) in [5.74, 6) is 0. The molecule has 0 radical (unpaired) electrons. The van der Waals surface area contributed by atoms with Crippen LogP contribution in [0.15, 0.2) is 24.3 Å². The quantitative estimate of drug-likeness (QED) is 0.625. The highest BCUT2D eigenvalue weighted by molar-refractivity contribution is 6.62. The van der Waals surface area contributed by atoms with Crippen molar-refractivity contribution in [3.8, 4) is 0 Å². The average molecular weight is 237 g/mol. The van der Waals surface area contributed by atoms with Crippen LogP contribution in [0.2, 0.25) is 17.7 Å². The van der Waals surface area contributed by atoms with Gasteiger partial charge in [-0.3, -0.25) is 0 Å². The zero-order valence-electron chi connectivity index (χ0n) is 10.9. The lowest BCUT2D eigenvalue weighted by Crippen LogP contribution is -2.39. The van der Waals surface area contributed by atoms with E-state index in [1.807, 2.05) is 12.1 Å². The minimum absolute atomic E-state index is 0.286. The lowest BCUT2D eigenvalue weighted by molar-refractivity contribution is 0.620. The molecule has 1 aromatic rings. The molecule has 1 unspecified atom stereocenters. The molecule has 1 rings (SSSR count). The fourth-order valence-electron chi connectivity index (χ4n) is 2.75. The van der Waals surface area contributed by atoms with Crippen molar-refractivity contribution in [1.82, 2.24) is 0 Å². The van der Waals surface area contributed by atoms with E-state index in [4.69, 9.17) is 11.6 Å². The summed E-state index contributed by atoms with van der Waals surface area (Å²) in [7, 11) is 0. The molecule has 0 aliphatic carbocycles. The Balaban J connectivity index is 3.08. The highest BCUT2D eigenvalue weighted by Crippen LogP contribution is 2.34. The molecule has 0 aliphatic heterocycles. The SMILES string of the molecule is CCB(CC)C(C)(CC)c1ccc(Cl)cc1. The van der Waals surface area contributed by atoms with Crippen LogP contribution in [0.5, 0.6) is 0 Å². The van der Waals surface area contributed by atoms with E-state index in [1.54, 1.807) is 0 Å². The van der Waals surface area contributed by atoms with Crippen molar-refractivity contribution >= 4 is 18.3 Å². The van der Waals surface area contributed by atoms with Gasteiger partial charge in [0.25, 0.3) is 0 Å². The van der Waals surface area contributed by atoms with E-state index < -0.39 is 0 Å². The predicted octanol–water partition coefficient (Wildman–Crippen LogP) is 5.08. The Bertz CT molecular complexity index is 316. The van der Waals surface area contributed by atoms with E-state index in [9.17, 15) is 0 Å². The van der Waals surface area contributed by atoms with Crippen molar-refractivity contribution in [2.24, 2.45) is 0 Å².